The summed E-state index contributed by atoms with van der Waals surface area (Å²) in [6.07, 6.45) is 5.15. The topological polar surface area (TPSA) is 47.7 Å². The van der Waals surface area contributed by atoms with Gasteiger partial charge in [0.2, 0.25) is 0 Å². The van der Waals surface area contributed by atoms with Gasteiger partial charge in [0.15, 0.2) is 0 Å². The summed E-state index contributed by atoms with van der Waals surface area (Å²) in [6.45, 7) is 4.36. The van der Waals surface area contributed by atoms with Gasteiger partial charge >= 0.3 is 0 Å². The van der Waals surface area contributed by atoms with Gasteiger partial charge in [-0.3, -0.25) is 4.90 Å². The molecule has 1 aliphatic carbocycles. The second-order valence-corrected chi connectivity index (χ2v) is 4.88. The molecule has 0 amide bonds. The summed E-state index contributed by atoms with van der Waals surface area (Å²) in [5.41, 5.74) is 6.14. The zero-order valence-electron chi connectivity index (χ0n) is 10.3. The van der Waals surface area contributed by atoms with Crippen LogP contribution >= 0.6 is 0 Å². The Bertz CT molecular complexity index is 219. The largest absolute Gasteiger partial charge is 0.379 e. The third-order valence-electron chi connectivity index (χ3n) is 4.20. The first-order valence-electron chi connectivity index (χ1n) is 6.39. The lowest BCUT2D eigenvalue weighted by molar-refractivity contribution is -0.105. The summed E-state index contributed by atoms with van der Waals surface area (Å²) in [6, 6.07) is 0. The normalized spacial score (nSPS) is 37.5. The van der Waals surface area contributed by atoms with Crippen LogP contribution in [-0.2, 0) is 9.47 Å². The molecule has 2 aliphatic rings. The molecule has 1 aliphatic heterocycles. The van der Waals surface area contributed by atoms with Crippen molar-refractivity contribution < 1.29 is 9.47 Å². The van der Waals surface area contributed by atoms with E-state index in [1.54, 1.807) is 0 Å². The van der Waals surface area contributed by atoms with Crippen LogP contribution < -0.4 is 5.73 Å². The molecule has 1 saturated heterocycles. The Morgan fingerprint density at radius 1 is 1.38 bits per heavy atom. The number of nitrogens with zero attached hydrogens (tertiary/aromatic N) is 1. The minimum atomic E-state index is 0.0663. The van der Waals surface area contributed by atoms with Crippen LogP contribution in [0.15, 0.2) is 0 Å². The van der Waals surface area contributed by atoms with Crippen molar-refractivity contribution in [3.63, 3.8) is 0 Å². The highest BCUT2D eigenvalue weighted by atomic mass is 16.5. The zero-order chi connectivity index (χ0) is 11.4. The predicted octanol–water partition coefficient (Wildman–Crippen LogP) is 0.605. The molecule has 16 heavy (non-hydrogen) atoms. The number of nitrogens with two attached hydrogens (primary N) is 1. The van der Waals surface area contributed by atoms with E-state index in [1.807, 2.05) is 7.11 Å². The lowest BCUT2D eigenvalue weighted by atomic mass is 9.77. The summed E-state index contributed by atoms with van der Waals surface area (Å²) in [5.74, 6) is 0. The van der Waals surface area contributed by atoms with Gasteiger partial charge in [0.05, 0.1) is 24.9 Å². The summed E-state index contributed by atoms with van der Waals surface area (Å²) < 4.78 is 11.1. The van der Waals surface area contributed by atoms with E-state index < -0.39 is 0 Å². The van der Waals surface area contributed by atoms with E-state index in [4.69, 9.17) is 15.2 Å². The third-order valence-corrected chi connectivity index (χ3v) is 4.20. The smallest absolute Gasteiger partial charge is 0.0767 e. The molecular weight excluding hydrogens is 204 g/mol. The van der Waals surface area contributed by atoms with Gasteiger partial charge in [0.25, 0.3) is 0 Å². The maximum Gasteiger partial charge on any atom is 0.0767 e. The first kappa shape index (κ1) is 12.3. The zero-order valence-corrected chi connectivity index (χ0v) is 10.3. The van der Waals surface area contributed by atoms with E-state index in [9.17, 15) is 0 Å². The van der Waals surface area contributed by atoms with Crippen molar-refractivity contribution in [3.05, 3.63) is 0 Å². The molecule has 0 bridgehead atoms. The fourth-order valence-corrected chi connectivity index (χ4v) is 3.26. The summed E-state index contributed by atoms with van der Waals surface area (Å²) in [7, 11) is 1.82. The summed E-state index contributed by atoms with van der Waals surface area (Å²) in [4.78, 5) is 2.50. The lowest BCUT2D eigenvalue weighted by Crippen LogP contribution is -2.65. The average Bonchev–Trinajstić information content (AvgIpc) is 2.39. The van der Waals surface area contributed by atoms with Crippen LogP contribution in [-0.4, -0.2) is 56.5 Å². The monoisotopic (exact) mass is 228 g/mol. The van der Waals surface area contributed by atoms with Gasteiger partial charge < -0.3 is 15.2 Å². The van der Waals surface area contributed by atoms with Crippen LogP contribution in [0.3, 0.4) is 0 Å². The highest BCUT2D eigenvalue weighted by Gasteiger charge is 2.45. The average molecular weight is 228 g/mol. The number of methoxy groups -OCH3 is 1. The molecule has 94 valence electrons. The molecule has 0 aromatic rings. The Hall–Kier alpha value is -0.160. The van der Waals surface area contributed by atoms with Crippen molar-refractivity contribution in [3.8, 4) is 0 Å². The molecule has 0 aromatic carbocycles. The molecule has 2 unspecified atom stereocenters. The van der Waals surface area contributed by atoms with Crippen molar-refractivity contribution in [1.29, 1.82) is 0 Å². The molecule has 2 N–H and O–H groups in total. The standard InChI is InChI=1S/C12H24N2O2/c1-15-11-4-2-3-5-12(11,10-13)14-6-8-16-9-7-14/h11H,2-10,13H2,1H3. The van der Waals surface area contributed by atoms with Crippen molar-refractivity contribution in [2.24, 2.45) is 5.73 Å². The van der Waals surface area contributed by atoms with Gasteiger partial charge in [-0.1, -0.05) is 12.8 Å². The van der Waals surface area contributed by atoms with Crippen molar-refractivity contribution >= 4 is 0 Å². The van der Waals surface area contributed by atoms with Crippen LogP contribution in [0.25, 0.3) is 0 Å². The summed E-state index contributed by atoms with van der Waals surface area (Å²) >= 11 is 0. The van der Waals surface area contributed by atoms with Gasteiger partial charge in [-0.05, 0) is 12.8 Å². The minimum Gasteiger partial charge on any atom is -0.379 e. The number of morpholine rings is 1. The number of hydrogen-bond acceptors (Lipinski definition) is 4. The Morgan fingerprint density at radius 3 is 2.75 bits per heavy atom. The molecule has 0 aromatic heterocycles. The maximum absolute atomic E-state index is 6.07. The quantitative estimate of drug-likeness (QED) is 0.768. The Kier molecular flexibility index (Phi) is 4.19. The van der Waals surface area contributed by atoms with Gasteiger partial charge in [-0.15, -0.1) is 0 Å². The van der Waals surface area contributed by atoms with Crippen LogP contribution in [0.4, 0.5) is 0 Å². The first-order valence-corrected chi connectivity index (χ1v) is 6.39. The van der Waals surface area contributed by atoms with E-state index in [0.717, 1.165) is 32.7 Å². The third kappa shape index (κ3) is 2.12. The van der Waals surface area contributed by atoms with E-state index in [-0.39, 0.29) is 5.54 Å². The van der Waals surface area contributed by atoms with Crippen molar-refractivity contribution in [2.75, 3.05) is 40.0 Å². The number of ether oxygens (including phenoxy) is 2. The van der Waals surface area contributed by atoms with E-state index in [2.05, 4.69) is 4.90 Å². The minimum absolute atomic E-state index is 0.0663. The predicted molar refractivity (Wildman–Crippen MR) is 63.4 cm³/mol. The van der Waals surface area contributed by atoms with Crippen LogP contribution in [0.1, 0.15) is 25.7 Å². The fourth-order valence-electron chi connectivity index (χ4n) is 3.26. The molecule has 2 rings (SSSR count). The first-order chi connectivity index (χ1) is 7.83. The molecule has 1 heterocycles. The highest BCUT2D eigenvalue weighted by Crippen LogP contribution is 2.35. The second kappa shape index (κ2) is 5.45. The Balaban J connectivity index is 2.13. The number of hydrogen-bond donors (Lipinski definition) is 1. The molecule has 2 atom stereocenters. The molecule has 0 spiro atoms. The molecule has 2 fully saturated rings. The highest BCUT2D eigenvalue weighted by molar-refractivity contribution is 5.01. The summed E-state index contributed by atoms with van der Waals surface area (Å²) in [5, 5.41) is 0. The van der Waals surface area contributed by atoms with Gasteiger partial charge in [-0.25, -0.2) is 0 Å². The molecule has 0 radical (unpaired) electrons. The SMILES string of the molecule is COC1CCCCC1(CN)N1CCOCC1. The molecule has 4 heteroatoms. The molecular formula is C12H24N2O2. The van der Waals surface area contributed by atoms with Crippen LogP contribution in [0.5, 0.6) is 0 Å². The van der Waals surface area contributed by atoms with Crippen LogP contribution in [0, 0.1) is 0 Å². The Morgan fingerprint density at radius 2 is 2.12 bits per heavy atom. The molecule has 4 nitrogen and oxygen atoms in total. The Labute approximate surface area is 98.1 Å². The maximum atomic E-state index is 6.07. The van der Waals surface area contributed by atoms with Crippen molar-refractivity contribution in [1.82, 2.24) is 4.90 Å². The van der Waals surface area contributed by atoms with Crippen molar-refractivity contribution in [2.45, 2.75) is 37.3 Å². The van der Waals surface area contributed by atoms with E-state index in [1.165, 1.54) is 19.3 Å². The van der Waals surface area contributed by atoms with Gasteiger partial charge in [0, 0.05) is 26.7 Å². The lowest BCUT2D eigenvalue weighted by Gasteiger charge is -2.51. The fraction of sp³-hybridized carbons (Fsp3) is 1.00. The molecule has 1 saturated carbocycles. The second-order valence-electron chi connectivity index (χ2n) is 4.88. The van der Waals surface area contributed by atoms with E-state index in [0.29, 0.717) is 12.6 Å². The van der Waals surface area contributed by atoms with E-state index >= 15 is 0 Å². The van der Waals surface area contributed by atoms with Gasteiger partial charge in [-0.2, -0.15) is 0 Å². The number of rotatable bonds is 3. The van der Waals surface area contributed by atoms with Gasteiger partial charge in [0.1, 0.15) is 0 Å². The van der Waals surface area contributed by atoms with Crippen LogP contribution in [0.2, 0.25) is 0 Å².